The number of rotatable bonds is 4. The minimum atomic E-state index is -1.61. The fourth-order valence-corrected chi connectivity index (χ4v) is 3.51. The van der Waals surface area contributed by atoms with Crippen molar-refractivity contribution in [2.75, 3.05) is 0 Å². The highest BCUT2D eigenvalue weighted by molar-refractivity contribution is 6.50. The quantitative estimate of drug-likeness (QED) is 0.595. The minimum Gasteiger partial charge on any atom is -0.382 e. The van der Waals surface area contributed by atoms with Crippen molar-refractivity contribution in [3.05, 3.63) is 69.8 Å². The number of ketones is 4. The molecule has 0 saturated heterocycles. The topological polar surface area (TPSA) is 109 Å². The summed E-state index contributed by atoms with van der Waals surface area (Å²) < 4.78 is 0. The van der Waals surface area contributed by atoms with Crippen molar-refractivity contribution >= 4 is 23.1 Å². The van der Waals surface area contributed by atoms with Crippen molar-refractivity contribution in [2.45, 2.75) is 51.7 Å². The lowest BCUT2D eigenvalue weighted by Gasteiger charge is -2.20. The second-order valence-electron chi connectivity index (χ2n) is 8.68. The Bertz CT molecular complexity index is 992. The lowest BCUT2D eigenvalue weighted by atomic mass is 9.84. The zero-order chi connectivity index (χ0) is 22.4. The predicted molar refractivity (Wildman–Crippen MR) is 110 cm³/mol. The number of Topliss-reactive ketones (excluding diaryl/α,β-unsaturated/α-hetero) is 4. The van der Waals surface area contributed by atoms with E-state index in [0.717, 1.165) is 0 Å². The highest BCUT2D eigenvalue weighted by Gasteiger charge is 2.31. The Morgan fingerprint density at radius 1 is 0.700 bits per heavy atom. The van der Waals surface area contributed by atoms with Crippen LogP contribution in [0.15, 0.2) is 36.4 Å². The van der Waals surface area contributed by atoms with Gasteiger partial charge in [0, 0.05) is 22.3 Å². The fraction of sp³-hybridized carbons (Fsp3) is 0.333. The molecule has 6 nitrogen and oxygen atoms in total. The molecule has 0 aromatic heterocycles. The number of carbonyl (C=O) groups excluding carboxylic acids is 4. The average Bonchev–Trinajstić information content (AvgIpc) is 2.67. The van der Waals surface area contributed by atoms with Crippen molar-refractivity contribution in [1.29, 1.82) is 0 Å². The number of hydrogen-bond acceptors (Lipinski definition) is 6. The summed E-state index contributed by atoms with van der Waals surface area (Å²) >= 11 is 0. The van der Waals surface area contributed by atoms with E-state index in [1.807, 2.05) is 0 Å². The smallest absolute Gasteiger partial charge is 0.233 e. The van der Waals surface area contributed by atoms with Gasteiger partial charge in [-0.1, -0.05) is 24.3 Å². The molecule has 0 fully saturated rings. The van der Waals surface area contributed by atoms with E-state index in [1.54, 1.807) is 24.3 Å². The van der Waals surface area contributed by atoms with Gasteiger partial charge in [0.25, 0.3) is 0 Å². The maximum Gasteiger partial charge on any atom is 0.233 e. The monoisotopic (exact) mass is 408 g/mol. The highest BCUT2D eigenvalue weighted by atomic mass is 16.3. The van der Waals surface area contributed by atoms with Crippen molar-refractivity contribution < 1.29 is 29.4 Å². The molecule has 0 atom stereocenters. The number of fused-ring (bicyclic) bond motifs is 2. The Labute approximate surface area is 174 Å². The van der Waals surface area contributed by atoms with Crippen LogP contribution in [-0.2, 0) is 12.8 Å². The molecule has 0 spiro atoms. The predicted octanol–water partition coefficient (Wildman–Crippen LogP) is 2.76. The largest absolute Gasteiger partial charge is 0.382 e. The average molecular weight is 408 g/mol. The van der Waals surface area contributed by atoms with E-state index >= 15 is 0 Å². The van der Waals surface area contributed by atoms with Crippen LogP contribution in [-0.4, -0.2) is 44.5 Å². The molecule has 1 aliphatic carbocycles. The van der Waals surface area contributed by atoms with E-state index in [9.17, 15) is 29.4 Å². The molecule has 2 N–H and O–H groups in total. The van der Waals surface area contributed by atoms with Crippen LogP contribution < -0.4 is 0 Å². The lowest BCUT2D eigenvalue weighted by molar-refractivity contribution is 0.0487. The van der Waals surface area contributed by atoms with Gasteiger partial charge in [-0.2, -0.15) is 0 Å². The molecule has 0 amide bonds. The number of aliphatic hydroxyl groups is 2. The number of benzene rings is 2. The molecular weight excluding hydrogens is 384 g/mol. The van der Waals surface area contributed by atoms with Crippen LogP contribution in [0.5, 0.6) is 0 Å². The van der Waals surface area contributed by atoms with Crippen LogP contribution >= 0.6 is 0 Å². The maximum atomic E-state index is 13.0. The summed E-state index contributed by atoms with van der Waals surface area (Å²) in [5.41, 5.74) is -1.39. The lowest BCUT2D eigenvalue weighted by Crippen LogP contribution is -2.32. The molecule has 0 radical (unpaired) electrons. The second-order valence-corrected chi connectivity index (χ2v) is 8.68. The number of hydrogen-bond donors (Lipinski definition) is 2. The number of aryl methyl sites for hydroxylation is 2. The van der Waals surface area contributed by atoms with Crippen molar-refractivity contribution in [1.82, 2.24) is 0 Å². The molecule has 2 aromatic rings. The van der Waals surface area contributed by atoms with E-state index in [2.05, 4.69) is 0 Å². The first-order valence-electron chi connectivity index (χ1n) is 9.70. The third-order valence-corrected chi connectivity index (χ3v) is 5.21. The van der Waals surface area contributed by atoms with Gasteiger partial charge in [0.2, 0.25) is 11.6 Å². The van der Waals surface area contributed by atoms with Crippen molar-refractivity contribution in [3.63, 3.8) is 0 Å². The molecule has 2 aromatic carbocycles. The van der Waals surface area contributed by atoms with E-state index in [4.69, 9.17) is 0 Å². The maximum absolute atomic E-state index is 13.0. The highest BCUT2D eigenvalue weighted by Crippen LogP contribution is 2.26. The normalized spacial score (nSPS) is 14.5. The third kappa shape index (κ3) is 4.01. The van der Waals surface area contributed by atoms with Gasteiger partial charge in [0.05, 0.1) is 0 Å². The molecule has 0 saturated carbocycles. The Balaban J connectivity index is 2.06. The Hall–Kier alpha value is -2.96. The molecule has 0 aliphatic heterocycles. The zero-order valence-electron chi connectivity index (χ0n) is 17.4. The van der Waals surface area contributed by atoms with Crippen LogP contribution in [0.25, 0.3) is 0 Å². The van der Waals surface area contributed by atoms with Crippen LogP contribution in [0.3, 0.4) is 0 Å². The molecule has 6 heteroatoms. The third-order valence-electron chi connectivity index (χ3n) is 5.21. The molecule has 0 bridgehead atoms. The van der Waals surface area contributed by atoms with Crippen LogP contribution in [0.2, 0.25) is 0 Å². The van der Waals surface area contributed by atoms with E-state index < -0.39 is 34.3 Å². The van der Waals surface area contributed by atoms with Crippen molar-refractivity contribution in [3.8, 4) is 0 Å². The molecule has 0 heterocycles. The van der Waals surface area contributed by atoms with Crippen LogP contribution in [0.4, 0.5) is 0 Å². The zero-order valence-corrected chi connectivity index (χ0v) is 17.4. The van der Waals surface area contributed by atoms with Gasteiger partial charge >= 0.3 is 0 Å². The van der Waals surface area contributed by atoms with Gasteiger partial charge in [0.1, 0.15) is 11.2 Å². The Morgan fingerprint density at radius 3 is 1.33 bits per heavy atom. The van der Waals surface area contributed by atoms with Gasteiger partial charge in [-0.15, -0.1) is 0 Å². The summed E-state index contributed by atoms with van der Waals surface area (Å²) in [6.45, 7) is 5.43. The van der Waals surface area contributed by atoms with E-state index in [-0.39, 0.29) is 22.3 Å². The van der Waals surface area contributed by atoms with Crippen LogP contribution in [0.1, 0.15) is 80.3 Å². The molecule has 156 valence electrons. The van der Waals surface area contributed by atoms with Crippen molar-refractivity contribution in [2.24, 2.45) is 0 Å². The molecule has 0 unspecified atom stereocenters. The standard InChI is InChI=1S/C24H24O6/c1-23(2,29)21(27)15-9-7-13-5-6-14-8-10-16(22(28)24(3,4)30)12-18(14)20(26)19(25)17(13)11-15/h7-12,29-30H,5-6H2,1-4H3. The fourth-order valence-electron chi connectivity index (χ4n) is 3.51. The van der Waals surface area contributed by atoms with Gasteiger partial charge in [0.15, 0.2) is 11.6 Å². The molecule has 3 rings (SSSR count). The van der Waals surface area contributed by atoms with E-state index in [1.165, 1.54) is 39.8 Å². The first-order valence-corrected chi connectivity index (χ1v) is 9.70. The van der Waals surface area contributed by atoms with Gasteiger partial charge < -0.3 is 10.2 Å². The van der Waals surface area contributed by atoms with Crippen LogP contribution in [0, 0.1) is 0 Å². The minimum absolute atomic E-state index is 0.125. The first-order chi connectivity index (χ1) is 13.8. The summed E-state index contributed by atoms with van der Waals surface area (Å²) in [7, 11) is 0. The SMILES string of the molecule is CC(C)(O)C(=O)c1ccc2c(c1)C(=O)C(=O)c1cc(C(=O)C(C)(C)O)ccc1CC2. The Kier molecular flexibility index (Phi) is 5.35. The summed E-state index contributed by atoms with van der Waals surface area (Å²) in [5, 5.41) is 20.0. The Morgan fingerprint density at radius 2 is 1.03 bits per heavy atom. The summed E-state index contributed by atoms with van der Waals surface area (Å²) in [5.74, 6) is -2.65. The van der Waals surface area contributed by atoms with E-state index in [0.29, 0.717) is 24.0 Å². The molecule has 1 aliphatic rings. The van der Waals surface area contributed by atoms with Gasteiger partial charge in [-0.3, -0.25) is 19.2 Å². The number of carbonyl (C=O) groups is 4. The first kappa shape index (κ1) is 21.7. The summed E-state index contributed by atoms with van der Waals surface area (Å²) in [4.78, 5) is 50.8. The summed E-state index contributed by atoms with van der Waals surface area (Å²) in [6.07, 6.45) is 0.939. The summed E-state index contributed by atoms with van der Waals surface area (Å²) in [6, 6.07) is 9.07. The van der Waals surface area contributed by atoms with Gasteiger partial charge in [-0.25, -0.2) is 0 Å². The second kappa shape index (κ2) is 7.38. The molecule has 30 heavy (non-hydrogen) atoms. The van der Waals surface area contributed by atoms with Gasteiger partial charge in [-0.05, 0) is 63.8 Å². The molecular formula is C24H24O6.